The van der Waals surface area contributed by atoms with Crippen LogP contribution in [-0.2, 0) is 9.53 Å². The van der Waals surface area contributed by atoms with Gasteiger partial charge in [0.2, 0.25) is 0 Å². The molecule has 2 aliphatic rings. The zero-order valence-corrected chi connectivity index (χ0v) is 24.6. The Bertz CT molecular complexity index is 1390. The predicted molar refractivity (Wildman–Crippen MR) is 158 cm³/mol. The molecular weight excluding hydrogens is 567 g/mol. The number of carbonyl (C=O) groups excluding carboxylic acids is 1. The van der Waals surface area contributed by atoms with E-state index in [-0.39, 0.29) is 19.0 Å². The molecule has 0 unspecified atom stereocenters. The highest BCUT2D eigenvalue weighted by Crippen LogP contribution is 2.37. The number of thioether (sulfide) groups is 1. The number of halogens is 2. The highest BCUT2D eigenvalue weighted by atomic mass is 35.5. The van der Waals surface area contributed by atoms with E-state index in [0.29, 0.717) is 39.3 Å². The number of hydrogen-bond acceptors (Lipinski definition) is 9. The average Bonchev–Trinajstić information content (AvgIpc) is 3.34. The van der Waals surface area contributed by atoms with Gasteiger partial charge in [0.15, 0.2) is 11.0 Å². The van der Waals surface area contributed by atoms with E-state index in [4.69, 9.17) is 26.4 Å². The van der Waals surface area contributed by atoms with Gasteiger partial charge in [-0.15, -0.1) is 10.2 Å². The van der Waals surface area contributed by atoms with Crippen molar-refractivity contribution in [2.24, 2.45) is 4.99 Å². The van der Waals surface area contributed by atoms with Gasteiger partial charge < -0.3 is 14.7 Å². The van der Waals surface area contributed by atoms with Gasteiger partial charge in [-0.25, -0.2) is 4.39 Å². The maximum Gasteiger partial charge on any atom is 0.305 e. The van der Waals surface area contributed by atoms with Gasteiger partial charge in [-0.1, -0.05) is 35.5 Å². The van der Waals surface area contributed by atoms with Crippen molar-refractivity contribution in [2.45, 2.75) is 30.5 Å². The Hall–Kier alpha value is -2.83. The van der Waals surface area contributed by atoms with Crippen LogP contribution in [0.1, 0.15) is 42.3 Å². The number of aliphatic imine (C=N–C) groups is 1. The minimum Gasteiger partial charge on any atom is -0.469 e. The van der Waals surface area contributed by atoms with Crippen molar-refractivity contribution in [3.05, 3.63) is 70.3 Å². The standard InChI is InChI=1S/C29H34ClFN6O3S/c1-40-26(39)10-8-24-28-33-34-29(41-18-4-11-35-12-14-36(15-13-35)16-17-38)37(28)25-9-7-20(30)19-22(25)27(32-24)21-5-2-3-6-23(21)31/h2-3,5-7,9,19,24,38H,4,8,10-18H2,1H3/t24-/m0/s1. The second-order valence-electron chi connectivity index (χ2n) is 10.0. The van der Waals surface area contributed by atoms with Crippen LogP contribution in [0.15, 0.2) is 52.6 Å². The van der Waals surface area contributed by atoms with Crippen LogP contribution in [0.5, 0.6) is 0 Å². The molecule has 0 saturated carbocycles. The van der Waals surface area contributed by atoms with E-state index in [1.807, 2.05) is 10.6 Å². The Morgan fingerprint density at radius 3 is 2.59 bits per heavy atom. The second kappa shape index (κ2) is 13.9. The molecule has 0 radical (unpaired) electrons. The summed E-state index contributed by atoms with van der Waals surface area (Å²) in [7, 11) is 1.35. The van der Waals surface area contributed by atoms with Crippen LogP contribution in [0.4, 0.5) is 4.39 Å². The van der Waals surface area contributed by atoms with Gasteiger partial charge >= 0.3 is 5.97 Å². The van der Waals surface area contributed by atoms with Crippen LogP contribution < -0.4 is 0 Å². The first-order valence-electron chi connectivity index (χ1n) is 13.8. The van der Waals surface area contributed by atoms with E-state index in [2.05, 4.69) is 20.0 Å². The summed E-state index contributed by atoms with van der Waals surface area (Å²) in [5, 5.41) is 19.5. The number of fused-ring (bicyclic) bond motifs is 3. The summed E-state index contributed by atoms with van der Waals surface area (Å²) >= 11 is 8.07. The van der Waals surface area contributed by atoms with Crippen LogP contribution in [0.3, 0.4) is 0 Å². The molecule has 41 heavy (non-hydrogen) atoms. The summed E-state index contributed by atoms with van der Waals surface area (Å²) in [6, 6.07) is 11.4. The highest BCUT2D eigenvalue weighted by Gasteiger charge is 2.30. The lowest BCUT2D eigenvalue weighted by Crippen LogP contribution is -2.47. The zero-order chi connectivity index (χ0) is 28.8. The third kappa shape index (κ3) is 6.98. The molecular formula is C29H34ClFN6O3S. The Morgan fingerprint density at radius 1 is 1.10 bits per heavy atom. The number of carbonyl (C=O) groups is 1. The maximum atomic E-state index is 15.1. The number of aromatic nitrogens is 3. The maximum absolute atomic E-state index is 15.1. The van der Waals surface area contributed by atoms with Gasteiger partial charge in [-0.05, 0) is 49.7 Å². The SMILES string of the molecule is COC(=O)CC[C@@H]1N=C(c2ccccc2F)c2cc(Cl)ccc2-n2c(SCCCN3CCN(CCO)CC3)nnc21. The quantitative estimate of drug-likeness (QED) is 0.200. The molecule has 1 aromatic heterocycles. The molecule has 0 aliphatic carbocycles. The lowest BCUT2D eigenvalue weighted by Gasteiger charge is -2.34. The normalized spacial score (nSPS) is 17.5. The number of β-amino-alcohol motifs (C(OH)–C–C–N with tert-alkyl or cyclic N) is 1. The smallest absolute Gasteiger partial charge is 0.305 e. The summed E-state index contributed by atoms with van der Waals surface area (Å²) in [6.45, 7) is 5.86. The molecule has 5 rings (SSSR count). The van der Waals surface area contributed by atoms with E-state index in [1.165, 1.54) is 13.2 Å². The van der Waals surface area contributed by atoms with Crippen LogP contribution in [0.25, 0.3) is 5.69 Å². The summed E-state index contributed by atoms with van der Waals surface area (Å²) in [6.07, 6.45) is 1.44. The van der Waals surface area contributed by atoms with E-state index in [9.17, 15) is 4.79 Å². The van der Waals surface area contributed by atoms with Crippen LogP contribution in [0.2, 0.25) is 5.02 Å². The highest BCUT2D eigenvalue weighted by molar-refractivity contribution is 7.99. The predicted octanol–water partition coefficient (Wildman–Crippen LogP) is 4.00. The lowest BCUT2D eigenvalue weighted by atomic mass is 10.00. The van der Waals surface area contributed by atoms with Gasteiger partial charge in [0.1, 0.15) is 11.9 Å². The summed E-state index contributed by atoms with van der Waals surface area (Å²) < 4.78 is 22.0. The summed E-state index contributed by atoms with van der Waals surface area (Å²) in [4.78, 5) is 21.8. The number of rotatable bonds is 11. The number of aliphatic hydroxyl groups is 1. The Kier molecular flexibility index (Phi) is 10.0. The molecule has 2 aliphatic heterocycles. The number of methoxy groups -OCH3 is 1. The molecule has 1 atom stereocenters. The first kappa shape index (κ1) is 29.7. The van der Waals surface area contributed by atoms with Crippen molar-refractivity contribution in [2.75, 3.05) is 58.7 Å². The molecule has 3 heterocycles. The molecule has 9 nitrogen and oxygen atoms in total. The molecule has 3 aromatic rings. The van der Waals surface area contributed by atoms with Crippen molar-refractivity contribution in [1.82, 2.24) is 24.6 Å². The number of piperazine rings is 1. The van der Waals surface area contributed by atoms with Crippen molar-refractivity contribution >= 4 is 35.0 Å². The van der Waals surface area contributed by atoms with Crippen molar-refractivity contribution in [3.8, 4) is 5.69 Å². The summed E-state index contributed by atoms with van der Waals surface area (Å²) in [5.74, 6) is 0.682. The molecule has 12 heteroatoms. The fraction of sp³-hybridized carbons (Fsp3) is 0.448. The van der Waals surface area contributed by atoms with E-state index in [1.54, 1.807) is 42.1 Å². The van der Waals surface area contributed by atoms with Crippen LogP contribution >= 0.6 is 23.4 Å². The third-order valence-electron chi connectivity index (χ3n) is 7.41. The van der Waals surface area contributed by atoms with Crippen molar-refractivity contribution in [3.63, 3.8) is 0 Å². The molecule has 218 valence electrons. The third-order valence-corrected chi connectivity index (χ3v) is 8.66. The molecule has 1 N–H and O–H groups in total. The van der Waals surface area contributed by atoms with Crippen molar-refractivity contribution < 1.29 is 19.0 Å². The minimum atomic E-state index is -0.549. The largest absolute Gasteiger partial charge is 0.469 e. The van der Waals surface area contributed by atoms with Crippen LogP contribution in [-0.4, -0.2) is 100 Å². The van der Waals surface area contributed by atoms with Crippen LogP contribution in [0, 0.1) is 5.82 Å². The number of nitrogens with zero attached hydrogens (tertiary/aromatic N) is 6. The zero-order valence-electron chi connectivity index (χ0n) is 23.0. The second-order valence-corrected chi connectivity index (χ2v) is 11.5. The molecule has 2 aromatic carbocycles. The topological polar surface area (TPSA) is 96.1 Å². The van der Waals surface area contributed by atoms with Crippen molar-refractivity contribution in [1.29, 1.82) is 0 Å². The monoisotopic (exact) mass is 600 g/mol. The number of esters is 1. The van der Waals surface area contributed by atoms with Gasteiger partial charge in [-0.2, -0.15) is 0 Å². The molecule has 0 amide bonds. The lowest BCUT2D eigenvalue weighted by molar-refractivity contribution is -0.140. The molecule has 1 saturated heterocycles. The van der Waals surface area contributed by atoms with E-state index >= 15 is 4.39 Å². The number of hydrogen-bond donors (Lipinski definition) is 1. The van der Waals surface area contributed by atoms with E-state index < -0.39 is 11.9 Å². The fourth-order valence-electron chi connectivity index (χ4n) is 5.24. The number of benzene rings is 2. The average molecular weight is 601 g/mol. The first-order valence-corrected chi connectivity index (χ1v) is 15.2. The Labute approximate surface area is 248 Å². The number of ether oxygens (including phenoxy) is 1. The number of aliphatic hydroxyl groups excluding tert-OH is 1. The summed E-state index contributed by atoms with van der Waals surface area (Å²) in [5.41, 5.74) is 2.25. The minimum absolute atomic E-state index is 0.132. The van der Waals surface area contributed by atoms with Gasteiger partial charge in [0.05, 0.1) is 25.1 Å². The van der Waals surface area contributed by atoms with Gasteiger partial charge in [0, 0.05) is 61.0 Å². The fourth-order valence-corrected chi connectivity index (χ4v) is 6.29. The molecule has 0 spiro atoms. The molecule has 0 bridgehead atoms. The van der Waals surface area contributed by atoms with Gasteiger partial charge in [0.25, 0.3) is 0 Å². The van der Waals surface area contributed by atoms with E-state index in [0.717, 1.165) is 57.1 Å². The van der Waals surface area contributed by atoms with Gasteiger partial charge in [-0.3, -0.25) is 19.3 Å². The Morgan fingerprint density at radius 2 is 1.85 bits per heavy atom. The Balaban J connectivity index is 1.41. The first-order chi connectivity index (χ1) is 20.0. The molecule has 1 fully saturated rings.